The van der Waals surface area contributed by atoms with Gasteiger partial charge in [0.25, 0.3) is 5.91 Å². The van der Waals surface area contributed by atoms with Crippen LogP contribution in [0, 0.1) is 12.7 Å². The maximum Gasteiger partial charge on any atom is 0.275 e. The van der Waals surface area contributed by atoms with Crippen LogP contribution in [0.4, 0.5) is 10.3 Å². The number of halogens is 1. The van der Waals surface area contributed by atoms with E-state index in [9.17, 15) is 9.18 Å². The Labute approximate surface area is 203 Å². The Kier molecular flexibility index (Phi) is 6.18. The van der Waals surface area contributed by atoms with E-state index in [-0.39, 0.29) is 35.7 Å². The van der Waals surface area contributed by atoms with E-state index in [0.717, 1.165) is 18.0 Å². The second-order valence-corrected chi connectivity index (χ2v) is 9.33. The molecule has 1 N–H and O–H groups in total. The molecular weight excluding hydrogens is 451 g/mol. The molecule has 0 aromatic carbocycles. The van der Waals surface area contributed by atoms with Crippen LogP contribution in [0.3, 0.4) is 0 Å². The lowest BCUT2D eigenvalue weighted by Gasteiger charge is -2.42. The van der Waals surface area contributed by atoms with Crippen molar-refractivity contribution >= 4 is 11.9 Å². The molecule has 0 bridgehead atoms. The molecule has 3 aromatic heterocycles. The first kappa shape index (κ1) is 23.3. The quantitative estimate of drug-likeness (QED) is 0.573. The van der Waals surface area contributed by atoms with Crippen molar-refractivity contribution in [1.29, 1.82) is 0 Å². The summed E-state index contributed by atoms with van der Waals surface area (Å²) in [5.41, 5.74) is 2.60. The number of hydrogen-bond donors (Lipinski definition) is 1. The normalized spacial score (nSPS) is 22.3. The predicted octanol–water partition coefficient (Wildman–Crippen LogP) is 2.72. The Balaban J connectivity index is 1.40. The largest absolute Gasteiger partial charge is 0.372 e. The second kappa shape index (κ2) is 9.29. The topological polar surface area (TPSA) is 111 Å². The fourth-order valence-electron chi connectivity index (χ4n) is 4.53. The van der Waals surface area contributed by atoms with Crippen LogP contribution in [0.5, 0.6) is 0 Å². The second-order valence-electron chi connectivity index (χ2n) is 9.33. The molecule has 1 aliphatic heterocycles. The molecule has 1 amide bonds. The summed E-state index contributed by atoms with van der Waals surface area (Å²) < 4.78 is 21.1. The molecule has 1 saturated heterocycles. The third-order valence-electron chi connectivity index (χ3n) is 6.67. The van der Waals surface area contributed by atoms with E-state index in [0.29, 0.717) is 36.2 Å². The molecule has 5 rings (SSSR count). The number of rotatable bonds is 6. The highest BCUT2D eigenvalue weighted by Gasteiger charge is 2.38. The highest BCUT2D eigenvalue weighted by Crippen LogP contribution is 2.39. The maximum absolute atomic E-state index is 13.9. The third-order valence-corrected chi connectivity index (χ3v) is 6.67. The lowest BCUT2D eigenvalue weighted by molar-refractivity contribution is -0.0880. The maximum atomic E-state index is 13.9. The van der Waals surface area contributed by atoms with Crippen molar-refractivity contribution in [3.8, 4) is 11.4 Å². The standard InChI is InChI=1S/C24H29FN8O2/c1-13-12-33(19(15(3)35-13)11-30-24-28-7-17(8-29-24)16-5-6-16)23(34)21-20(14(2)32(4)31-21)22-26-9-18(25)10-27-22/h7-10,13,15-16,19H,5-6,11-12H2,1-4H3,(H,28,29,30)/t13-,15+,19-/m1/s1. The number of ether oxygens (including phenoxy) is 1. The average Bonchev–Trinajstić information content (AvgIpc) is 3.64. The number of nitrogens with zero attached hydrogens (tertiary/aromatic N) is 7. The summed E-state index contributed by atoms with van der Waals surface area (Å²) in [7, 11) is 1.76. The fourth-order valence-corrected chi connectivity index (χ4v) is 4.53. The molecule has 0 radical (unpaired) electrons. The lowest BCUT2D eigenvalue weighted by Crippen LogP contribution is -2.58. The Morgan fingerprint density at radius 3 is 2.49 bits per heavy atom. The Bertz CT molecular complexity index is 1210. The number of aromatic nitrogens is 6. The molecule has 1 saturated carbocycles. The molecule has 0 spiro atoms. The van der Waals surface area contributed by atoms with Crippen LogP contribution in [0.25, 0.3) is 11.4 Å². The van der Waals surface area contributed by atoms with Crippen molar-refractivity contribution in [2.45, 2.75) is 57.8 Å². The van der Waals surface area contributed by atoms with E-state index >= 15 is 0 Å². The summed E-state index contributed by atoms with van der Waals surface area (Å²) >= 11 is 0. The minimum Gasteiger partial charge on any atom is -0.372 e. The fraction of sp³-hybridized carbons (Fsp3) is 0.500. The van der Waals surface area contributed by atoms with Gasteiger partial charge in [-0.15, -0.1) is 0 Å². The van der Waals surface area contributed by atoms with Gasteiger partial charge in [0.15, 0.2) is 17.3 Å². The smallest absolute Gasteiger partial charge is 0.275 e. The third kappa shape index (κ3) is 4.72. The van der Waals surface area contributed by atoms with Crippen molar-refractivity contribution in [2.75, 3.05) is 18.4 Å². The van der Waals surface area contributed by atoms with Crippen molar-refractivity contribution in [1.82, 2.24) is 34.6 Å². The summed E-state index contributed by atoms with van der Waals surface area (Å²) in [6.45, 7) is 6.53. The first-order valence-electron chi connectivity index (χ1n) is 11.9. The number of anilines is 1. The Morgan fingerprint density at radius 1 is 1.14 bits per heavy atom. The summed E-state index contributed by atoms with van der Waals surface area (Å²) in [6, 6.07) is -0.283. The predicted molar refractivity (Wildman–Crippen MR) is 126 cm³/mol. The van der Waals surface area contributed by atoms with Gasteiger partial charge in [-0.2, -0.15) is 5.10 Å². The summed E-state index contributed by atoms with van der Waals surface area (Å²) in [5, 5.41) is 7.75. The van der Waals surface area contributed by atoms with Gasteiger partial charge in [0.05, 0.1) is 36.2 Å². The average molecular weight is 481 g/mol. The van der Waals surface area contributed by atoms with Gasteiger partial charge in [0.1, 0.15) is 0 Å². The molecule has 2 fully saturated rings. The van der Waals surface area contributed by atoms with E-state index in [1.54, 1.807) is 16.6 Å². The number of nitrogens with one attached hydrogen (secondary N) is 1. The lowest BCUT2D eigenvalue weighted by atomic mass is 10.0. The minimum atomic E-state index is -0.544. The number of morpholine rings is 1. The summed E-state index contributed by atoms with van der Waals surface area (Å²) in [5.74, 6) is 0.565. The van der Waals surface area contributed by atoms with Gasteiger partial charge < -0.3 is 15.0 Å². The van der Waals surface area contributed by atoms with Crippen molar-refractivity contribution < 1.29 is 13.9 Å². The molecule has 10 nitrogen and oxygen atoms in total. The van der Waals surface area contributed by atoms with Gasteiger partial charge >= 0.3 is 0 Å². The monoisotopic (exact) mass is 480 g/mol. The van der Waals surface area contributed by atoms with E-state index in [2.05, 4.69) is 30.4 Å². The highest BCUT2D eigenvalue weighted by molar-refractivity contribution is 5.99. The number of carbonyl (C=O) groups is 1. The first-order valence-corrected chi connectivity index (χ1v) is 11.9. The zero-order chi connectivity index (χ0) is 24.7. The molecular formula is C24H29FN8O2. The van der Waals surface area contributed by atoms with Crippen molar-refractivity contribution in [3.05, 3.63) is 47.6 Å². The van der Waals surface area contributed by atoms with Crippen LogP contribution in [0.1, 0.15) is 54.4 Å². The van der Waals surface area contributed by atoms with E-state index in [1.807, 2.05) is 33.2 Å². The molecule has 184 valence electrons. The van der Waals surface area contributed by atoms with Gasteiger partial charge in [-0.25, -0.2) is 24.3 Å². The van der Waals surface area contributed by atoms with Gasteiger partial charge in [-0.1, -0.05) is 0 Å². The summed E-state index contributed by atoms with van der Waals surface area (Å²) in [4.78, 5) is 32.7. The molecule has 1 aliphatic carbocycles. The van der Waals surface area contributed by atoms with Crippen molar-refractivity contribution in [2.24, 2.45) is 7.05 Å². The molecule has 35 heavy (non-hydrogen) atoms. The number of aryl methyl sites for hydroxylation is 1. The van der Waals surface area contributed by atoms with Crippen LogP contribution in [-0.2, 0) is 11.8 Å². The first-order chi connectivity index (χ1) is 16.8. The van der Waals surface area contributed by atoms with E-state index in [1.165, 1.54) is 12.8 Å². The van der Waals surface area contributed by atoms with Crippen LogP contribution in [0.15, 0.2) is 24.8 Å². The van der Waals surface area contributed by atoms with Crippen LogP contribution >= 0.6 is 0 Å². The van der Waals surface area contributed by atoms with Gasteiger partial charge in [0.2, 0.25) is 5.95 Å². The molecule has 3 aromatic rings. The molecule has 11 heteroatoms. The molecule has 0 unspecified atom stereocenters. The van der Waals surface area contributed by atoms with Gasteiger partial charge in [-0.05, 0) is 45.1 Å². The van der Waals surface area contributed by atoms with E-state index in [4.69, 9.17) is 4.74 Å². The molecule has 2 aliphatic rings. The molecule has 3 atom stereocenters. The minimum absolute atomic E-state index is 0.144. The SMILES string of the molecule is Cc1c(-c2ncc(F)cn2)c(C(=O)N2C[C@@H](C)O[C@@H](C)[C@H]2CNc2ncc(C3CC3)cn2)nn1C. The van der Waals surface area contributed by atoms with Crippen LogP contribution < -0.4 is 5.32 Å². The van der Waals surface area contributed by atoms with Gasteiger partial charge in [0, 0.05) is 38.2 Å². The Morgan fingerprint density at radius 2 is 1.83 bits per heavy atom. The van der Waals surface area contributed by atoms with Crippen LogP contribution in [-0.4, -0.2) is 71.9 Å². The Hall–Kier alpha value is -3.47. The summed E-state index contributed by atoms with van der Waals surface area (Å²) in [6.07, 6.45) is 7.92. The van der Waals surface area contributed by atoms with Crippen molar-refractivity contribution in [3.63, 3.8) is 0 Å². The molecule has 4 heterocycles. The number of carbonyl (C=O) groups excluding carboxylic acids is 1. The highest BCUT2D eigenvalue weighted by atomic mass is 19.1. The van der Waals surface area contributed by atoms with E-state index < -0.39 is 5.82 Å². The number of amides is 1. The van der Waals surface area contributed by atoms with Gasteiger partial charge in [-0.3, -0.25) is 9.48 Å². The van der Waals surface area contributed by atoms with Crippen LogP contribution in [0.2, 0.25) is 0 Å². The number of hydrogen-bond acceptors (Lipinski definition) is 8. The zero-order valence-electron chi connectivity index (χ0n) is 20.3. The zero-order valence-corrected chi connectivity index (χ0v) is 20.3.